The number of amides is 4. The van der Waals surface area contributed by atoms with Crippen LogP contribution < -0.4 is 30.7 Å². The van der Waals surface area contributed by atoms with E-state index in [0.29, 0.717) is 76.8 Å². The standard InChI is InChI=1S/C36H64N6O8/c1-35(2,3)49-33(45)39-17-13-11-15-23-47-29-26-30(48-24-16-12-14-18-40-34(46)50-36(4,5)6)28(32(44)38-20-22-42(9)10)25-27(29)31(43)37-19-21-41(7)8/h25-26H,11-24H2,1-10H3,(H,37,43)(H,38,44)(H,39,45)(H,40,46). The Hall–Kier alpha value is -3.78. The highest BCUT2D eigenvalue weighted by molar-refractivity contribution is 6.03. The van der Waals surface area contributed by atoms with Gasteiger partial charge in [0, 0.05) is 45.3 Å². The van der Waals surface area contributed by atoms with Crippen molar-refractivity contribution < 1.29 is 38.1 Å². The van der Waals surface area contributed by atoms with Crippen LogP contribution in [-0.4, -0.2) is 126 Å². The molecule has 50 heavy (non-hydrogen) atoms. The lowest BCUT2D eigenvalue weighted by atomic mass is 10.1. The summed E-state index contributed by atoms with van der Waals surface area (Å²) in [6.45, 7) is 14.6. The van der Waals surface area contributed by atoms with Crippen LogP contribution in [0.4, 0.5) is 9.59 Å². The summed E-state index contributed by atoms with van der Waals surface area (Å²) in [5.41, 5.74) is -0.623. The van der Waals surface area contributed by atoms with Gasteiger partial charge in [0.05, 0.1) is 24.3 Å². The molecule has 4 amide bonds. The summed E-state index contributed by atoms with van der Waals surface area (Å²) in [5, 5.41) is 11.3. The minimum atomic E-state index is -0.555. The lowest BCUT2D eigenvalue weighted by Crippen LogP contribution is -2.33. The maximum atomic E-state index is 13.4. The second kappa shape index (κ2) is 22.8. The van der Waals surface area contributed by atoms with Gasteiger partial charge in [-0.15, -0.1) is 0 Å². The molecule has 0 aliphatic rings. The Morgan fingerprint density at radius 3 is 1.26 bits per heavy atom. The third-order valence-electron chi connectivity index (χ3n) is 6.75. The fourth-order valence-electron chi connectivity index (χ4n) is 4.31. The van der Waals surface area contributed by atoms with E-state index in [-0.39, 0.29) is 22.9 Å². The van der Waals surface area contributed by atoms with E-state index in [4.69, 9.17) is 18.9 Å². The van der Waals surface area contributed by atoms with Crippen molar-refractivity contribution in [1.29, 1.82) is 0 Å². The largest absolute Gasteiger partial charge is 0.493 e. The molecule has 0 aromatic heterocycles. The number of benzene rings is 1. The first kappa shape index (κ1) is 44.2. The van der Waals surface area contributed by atoms with E-state index in [2.05, 4.69) is 21.3 Å². The maximum absolute atomic E-state index is 13.4. The zero-order valence-corrected chi connectivity index (χ0v) is 32.2. The summed E-state index contributed by atoms with van der Waals surface area (Å²) in [6, 6.07) is 3.16. The van der Waals surface area contributed by atoms with E-state index >= 15 is 0 Å². The van der Waals surface area contributed by atoms with Gasteiger partial charge in [-0.3, -0.25) is 9.59 Å². The van der Waals surface area contributed by atoms with Crippen LogP contribution in [0.25, 0.3) is 0 Å². The fraction of sp³-hybridized carbons (Fsp3) is 0.722. The summed E-state index contributed by atoms with van der Waals surface area (Å²) in [6.07, 6.45) is 3.47. The number of hydrogen-bond acceptors (Lipinski definition) is 10. The second-order valence-corrected chi connectivity index (χ2v) is 14.6. The molecule has 14 heteroatoms. The average molecular weight is 709 g/mol. The number of alkyl carbamates (subject to hydrolysis) is 2. The van der Waals surface area contributed by atoms with Crippen molar-refractivity contribution in [3.05, 3.63) is 23.3 Å². The lowest BCUT2D eigenvalue weighted by molar-refractivity contribution is 0.0515. The highest BCUT2D eigenvalue weighted by atomic mass is 16.6. The molecule has 4 N–H and O–H groups in total. The predicted molar refractivity (Wildman–Crippen MR) is 195 cm³/mol. The summed E-state index contributed by atoms with van der Waals surface area (Å²) < 4.78 is 22.8. The monoisotopic (exact) mass is 708 g/mol. The molecule has 0 spiro atoms. The Bertz CT molecular complexity index is 1110. The molecule has 0 heterocycles. The van der Waals surface area contributed by atoms with Gasteiger partial charge in [0.15, 0.2) is 0 Å². The summed E-state index contributed by atoms with van der Waals surface area (Å²) >= 11 is 0. The van der Waals surface area contributed by atoms with Gasteiger partial charge in [-0.25, -0.2) is 9.59 Å². The first-order valence-corrected chi connectivity index (χ1v) is 17.6. The Morgan fingerprint density at radius 1 is 0.540 bits per heavy atom. The number of nitrogens with zero attached hydrogens (tertiary/aromatic N) is 2. The quantitative estimate of drug-likeness (QED) is 0.127. The topological polar surface area (TPSA) is 160 Å². The van der Waals surface area contributed by atoms with E-state index in [1.165, 1.54) is 6.07 Å². The molecule has 286 valence electrons. The summed E-state index contributed by atoms with van der Waals surface area (Å²) in [7, 11) is 7.68. The lowest BCUT2D eigenvalue weighted by Gasteiger charge is -2.19. The van der Waals surface area contributed by atoms with Gasteiger partial charge in [-0.1, -0.05) is 0 Å². The molecule has 0 bridgehead atoms. The highest BCUT2D eigenvalue weighted by Gasteiger charge is 2.22. The molecule has 0 aliphatic heterocycles. The van der Waals surface area contributed by atoms with Crippen LogP contribution in [-0.2, 0) is 9.47 Å². The van der Waals surface area contributed by atoms with Gasteiger partial charge in [0.25, 0.3) is 11.8 Å². The van der Waals surface area contributed by atoms with E-state index in [9.17, 15) is 19.2 Å². The predicted octanol–water partition coefficient (Wildman–Crippen LogP) is 4.42. The number of rotatable bonds is 22. The smallest absolute Gasteiger partial charge is 0.407 e. The average Bonchev–Trinajstić information content (AvgIpc) is 2.97. The van der Waals surface area contributed by atoms with Gasteiger partial charge in [0.2, 0.25) is 0 Å². The molecule has 0 aliphatic carbocycles. The number of nitrogens with one attached hydrogen (secondary N) is 4. The Morgan fingerprint density at radius 2 is 0.920 bits per heavy atom. The Kier molecular flexibility index (Phi) is 20.2. The van der Waals surface area contributed by atoms with Crippen LogP contribution in [0.15, 0.2) is 12.1 Å². The molecule has 14 nitrogen and oxygen atoms in total. The number of unbranched alkanes of at least 4 members (excludes halogenated alkanes) is 4. The SMILES string of the molecule is CN(C)CCNC(=O)c1cc(C(=O)NCCN(C)C)c(OCCCCCNC(=O)OC(C)(C)C)cc1OCCCCCNC(=O)OC(C)(C)C. The number of carbonyl (C=O) groups excluding carboxylic acids is 4. The van der Waals surface area contributed by atoms with E-state index in [0.717, 1.165) is 25.7 Å². The normalized spacial score (nSPS) is 11.6. The van der Waals surface area contributed by atoms with Gasteiger partial charge in [-0.2, -0.15) is 0 Å². The van der Waals surface area contributed by atoms with Crippen molar-refractivity contribution in [3.63, 3.8) is 0 Å². The molecule has 1 rings (SSSR count). The minimum absolute atomic E-state index is 0.244. The second-order valence-electron chi connectivity index (χ2n) is 14.6. The molecule has 0 fully saturated rings. The van der Waals surface area contributed by atoms with Crippen molar-refractivity contribution in [2.45, 2.75) is 91.3 Å². The molecule has 0 atom stereocenters. The van der Waals surface area contributed by atoms with Crippen LogP contribution in [0, 0.1) is 0 Å². The van der Waals surface area contributed by atoms with Gasteiger partial charge >= 0.3 is 12.2 Å². The van der Waals surface area contributed by atoms with Crippen LogP contribution in [0.2, 0.25) is 0 Å². The molecule has 0 radical (unpaired) electrons. The van der Waals surface area contributed by atoms with E-state index in [1.54, 1.807) is 6.07 Å². The number of carbonyl (C=O) groups is 4. The first-order valence-electron chi connectivity index (χ1n) is 17.6. The van der Waals surface area contributed by atoms with E-state index in [1.807, 2.05) is 79.5 Å². The molecule has 0 unspecified atom stereocenters. The fourth-order valence-corrected chi connectivity index (χ4v) is 4.31. The van der Waals surface area contributed by atoms with Crippen LogP contribution in [0.1, 0.15) is 101 Å². The van der Waals surface area contributed by atoms with Crippen molar-refractivity contribution in [1.82, 2.24) is 31.1 Å². The molecule has 0 saturated carbocycles. The molecule has 1 aromatic carbocycles. The molecule has 0 saturated heterocycles. The Balaban J connectivity index is 3.01. The summed E-state index contributed by atoms with van der Waals surface area (Å²) in [5.74, 6) is -0.0640. The third kappa shape index (κ3) is 21.3. The Labute approximate surface area is 299 Å². The zero-order valence-electron chi connectivity index (χ0n) is 32.2. The number of likely N-dealkylation sites (N-methyl/N-ethyl adjacent to an activating group) is 2. The highest BCUT2D eigenvalue weighted by Crippen LogP contribution is 2.30. The maximum Gasteiger partial charge on any atom is 0.407 e. The van der Waals surface area contributed by atoms with Crippen molar-refractivity contribution >= 4 is 24.0 Å². The van der Waals surface area contributed by atoms with Crippen molar-refractivity contribution in [2.24, 2.45) is 0 Å². The van der Waals surface area contributed by atoms with Crippen molar-refractivity contribution in [3.8, 4) is 11.5 Å². The van der Waals surface area contributed by atoms with Gasteiger partial charge < -0.3 is 50.0 Å². The van der Waals surface area contributed by atoms with E-state index < -0.39 is 23.4 Å². The zero-order chi connectivity index (χ0) is 37.7. The van der Waals surface area contributed by atoms with Gasteiger partial charge in [0.1, 0.15) is 22.7 Å². The first-order chi connectivity index (χ1) is 23.4. The summed E-state index contributed by atoms with van der Waals surface area (Å²) in [4.78, 5) is 54.5. The molecular formula is C36H64N6O8. The minimum Gasteiger partial charge on any atom is -0.493 e. The van der Waals surface area contributed by atoms with Crippen molar-refractivity contribution in [2.75, 3.05) is 80.7 Å². The molecular weight excluding hydrogens is 644 g/mol. The van der Waals surface area contributed by atoms with Gasteiger partial charge in [-0.05, 0) is 114 Å². The third-order valence-corrected chi connectivity index (χ3v) is 6.75. The number of ether oxygens (including phenoxy) is 4. The molecule has 1 aromatic rings. The number of hydrogen-bond donors (Lipinski definition) is 4. The van der Waals surface area contributed by atoms with Crippen LogP contribution >= 0.6 is 0 Å². The van der Waals surface area contributed by atoms with Crippen LogP contribution in [0.3, 0.4) is 0 Å². The van der Waals surface area contributed by atoms with Crippen LogP contribution in [0.5, 0.6) is 11.5 Å².